The summed E-state index contributed by atoms with van der Waals surface area (Å²) in [5.74, 6) is 0.0996. The molecule has 5 atom stereocenters. The van der Waals surface area contributed by atoms with Crippen LogP contribution in [0.1, 0.15) is 36.4 Å². The monoisotopic (exact) mass is 478 g/mol. The summed E-state index contributed by atoms with van der Waals surface area (Å²) in [6.07, 6.45) is -2.37. The summed E-state index contributed by atoms with van der Waals surface area (Å²) in [5, 5.41) is 7.23. The van der Waals surface area contributed by atoms with Crippen molar-refractivity contribution in [3.63, 3.8) is 0 Å². The van der Waals surface area contributed by atoms with E-state index in [1.54, 1.807) is 0 Å². The van der Waals surface area contributed by atoms with Crippen LogP contribution in [0.3, 0.4) is 0 Å². The molecule has 0 aromatic heterocycles. The van der Waals surface area contributed by atoms with Crippen molar-refractivity contribution in [3.8, 4) is 11.5 Å². The second kappa shape index (κ2) is 10.2. The van der Waals surface area contributed by atoms with Crippen molar-refractivity contribution in [1.29, 1.82) is 0 Å². The maximum Gasteiger partial charge on any atom is 0.573 e. The third-order valence-electron chi connectivity index (χ3n) is 6.83. The number of alkyl halides is 3. The van der Waals surface area contributed by atoms with E-state index >= 15 is 0 Å². The average Bonchev–Trinajstić information content (AvgIpc) is 2.82. The quantitative estimate of drug-likeness (QED) is 0.577. The number of esters is 1. The minimum absolute atomic E-state index is 0.00695. The number of halogens is 3. The number of methoxy groups -OCH3 is 2. The number of benzene rings is 2. The molecule has 2 aromatic carbocycles. The summed E-state index contributed by atoms with van der Waals surface area (Å²) in [6, 6.07) is 14.0. The molecule has 1 heterocycles. The molecule has 0 amide bonds. The Morgan fingerprint density at radius 3 is 2.56 bits per heavy atom. The van der Waals surface area contributed by atoms with Crippen molar-refractivity contribution >= 4 is 5.97 Å². The highest BCUT2D eigenvalue weighted by molar-refractivity contribution is 5.73. The molecule has 2 fully saturated rings. The third kappa shape index (κ3) is 5.47. The van der Waals surface area contributed by atoms with E-state index in [9.17, 15) is 18.0 Å². The number of fused-ring (bicyclic) bond motifs is 2. The van der Waals surface area contributed by atoms with Gasteiger partial charge in [0.15, 0.2) is 0 Å². The van der Waals surface area contributed by atoms with Gasteiger partial charge in [0.05, 0.1) is 20.1 Å². The first-order chi connectivity index (χ1) is 16.3. The maximum atomic E-state index is 12.7. The first kappa shape index (κ1) is 24.3. The number of ether oxygens (including phenoxy) is 3. The summed E-state index contributed by atoms with van der Waals surface area (Å²) in [4.78, 5) is 12.3. The van der Waals surface area contributed by atoms with Crippen LogP contribution in [0.2, 0.25) is 0 Å². The number of carbonyl (C=O) groups excluding carboxylic acids is 1. The highest BCUT2D eigenvalue weighted by Crippen LogP contribution is 2.41. The van der Waals surface area contributed by atoms with E-state index in [4.69, 9.17) is 9.47 Å². The molecule has 1 aliphatic heterocycles. The van der Waals surface area contributed by atoms with E-state index in [-0.39, 0.29) is 41.7 Å². The lowest BCUT2D eigenvalue weighted by atomic mass is 9.69. The first-order valence-electron chi connectivity index (χ1n) is 11.3. The van der Waals surface area contributed by atoms with Crippen LogP contribution in [-0.4, -0.2) is 38.6 Å². The zero-order chi connectivity index (χ0) is 24.3. The topological polar surface area (TPSA) is 68.8 Å². The molecule has 6 nitrogen and oxygen atoms in total. The van der Waals surface area contributed by atoms with Crippen LogP contribution in [0.15, 0.2) is 48.5 Å². The van der Waals surface area contributed by atoms with Crippen LogP contribution in [-0.2, 0) is 16.1 Å². The van der Waals surface area contributed by atoms with Gasteiger partial charge in [-0.1, -0.05) is 30.3 Å². The highest BCUT2D eigenvalue weighted by Gasteiger charge is 2.46. The Morgan fingerprint density at radius 2 is 1.88 bits per heavy atom. The van der Waals surface area contributed by atoms with Crippen LogP contribution >= 0.6 is 0 Å². The van der Waals surface area contributed by atoms with E-state index in [0.717, 1.165) is 24.8 Å². The molecular weight excluding hydrogens is 449 g/mol. The van der Waals surface area contributed by atoms with Crippen LogP contribution in [0.25, 0.3) is 0 Å². The van der Waals surface area contributed by atoms with Gasteiger partial charge in [-0.05, 0) is 48.9 Å². The van der Waals surface area contributed by atoms with Gasteiger partial charge in [-0.2, -0.15) is 0 Å². The fourth-order valence-corrected chi connectivity index (χ4v) is 5.32. The van der Waals surface area contributed by atoms with Crippen molar-refractivity contribution in [2.24, 2.45) is 11.8 Å². The Bertz CT molecular complexity index is 986. The molecule has 1 saturated heterocycles. The molecule has 184 valence electrons. The largest absolute Gasteiger partial charge is 0.573 e. The second-order valence-electron chi connectivity index (χ2n) is 8.79. The Kier molecular flexibility index (Phi) is 7.33. The SMILES string of the molecule is COC(=O)C1CCC2CC1NC(c1ccccc1)C2NCc1cc(OC(F)(F)F)ccc1OC. The Labute approximate surface area is 196 Å². The molecular formula is C25H29F3N2O4. The van der Waals surface area contributed by atoms with Crippen molar-refractivity contribution < 1.29 is 32.2 Å². The lowest BCUT2D eigenvalue weighted by Crippen LogP contribution is -2.60. The minimum Gasteiger partial charge on any atom is -0.496 e. The van der Waals surface area contributed by atoms with Crippen molar-refractivity contribution in [3.05, 3.63) is 59.7 Å². The van der Waals surface area contributed by atoms with Crippen molar-refractivity contribution in [1.82, 2.24) is 10.6 Å². The number of carbonyl (C=O) groups is 1. The van der Waals surface area contributed by atoms with Crippen LogP contribution in [0.4, 0.5) is 13.2 Å². The van der Waals surface area contributed by atoms with E-state index in [2.05, 4.69) is 15.4 Å². The summed E-state index contributed by atoms with van der Waals surface area (Å²) in [5.41, 5.74) is 1.66. The number of hydrogen-bond acceptors (Lipinski definition) is 6. The zero-order valence-corrected chi connectivity index (χ0v) is 19.1. The lowest BCUT2D eigenvalue weighted by molar-refractivity contribution is -0.274. The van der Waals surface area contributed by atoms with Crippen LogP contribution in [0.5, 0.6) is 11.5 Å². The molecule has 1 aliphatic carbocycles. The van der Waals surface area contributed by atoms with E-state index < -0.39 is 6.36 Å². The number of hydrogen-bond donors (Lipinski definition) is 2. The average molecular weight is 479 g/mol. The first-order valence-corrected chi connectivity index (χ1v) is 11.3. The fourth-order valence-electron chi connectivity index (χ4n) is 5.32. The van der Waals surface area contributed by atoms with Gasteiger partial charge >= 0.3 is 12.3 Å². The molecule has 2 aliphatic rings. The van der Waals surface area contributed by atoms with Crippen LogP contribution < -0.4 is 20.1 Å². The molecule has 2 aromatic rings. The highest BCUT2D eigenvalue weighted by atomic mass is 19.4. The summed E-state index contributed by atoms with van der Waals surface area (Å²) in [7, 11) is 2.90. The number of nitrogens with one attached hydrogen (secondary N) is 2. The summed E-state index contributed by atoms with van der Waals surface area (Å²) >= 11 is 0. The summed E-state index contributed by atoms with van der Waals surface area (Å²) in [6.45, 7) is 0.301. The van der Waals surface area contributed by atoms with Gasteiger partial charge in [0.2, 0.25) is 0 Å². The summed E-state index contributed by atoms with van der Waals surface area (Å²) < 4.78 is 52.6. The predicted octanol–water partition coefficient (Wildman–Crippen LogP) is 4.35. The third-order valence-corrected chi connectivity index (χ3v) is 6.83. The van der Waals surface area contributed by atoms with Crippen molar-refractivity contribution in [2.45, 2.75) is 50.3 Å². The van der Waals surface area contributed by atoms with Gasteiger partial charge in [0.25, 0.3) is 0 Å². The molecule has 2 N–H and O–H groups in total. The normalized spacial score (nSPS) is 26.6. The molecule has 2 bridgehead atoms. The Morgan fingerprint density at radius 1 is 1.12 bits per heavy atom. The number of piperidine rings is 1. The fraction of sp³-hybridized carbons (Fsp3) is 0.480. The molecule has 0 radical (unpaired) electrons. The molecule has 5 unspecified atom stereocenters. The second-order valence-corrected chi connectivity index (χ2v) is 8.79. The van der Waals surface area contributed by atoms with Gasteiger partial charge in [0, 0.05) is 30.2 Å². The van der Waals surface area contributed by atoms with Gasteiger partial charge in [-0.15, -0.1) is 13.2 Å². The van der Waals surface area contributed by atoms with E-state index in [1.165, 1.54) is 32.4 Å². The molecule has 34 heavy (non-hydrogen) atoms. The number of rotatable bonds is 7. The Hall–Kier alpha value is -2.78. The standard InChI is InChI=1S/C25H29F3N2O4/c1-32-21-11-9-18(34-25(26,27)28)12-17(21)14-29-22-16-8-10-19(24(31)33-2)20(13-16)30-23(22)15-6-4-3-5-7-15/h3-7,9,11-12,16,19-20,22-23,29-30H,8,10,13-14H2,1-2H3. The van der Waals surface area contributed by atoms with Crippen molar-refractivity contribution in [2.75, 3.05) is 14.2 Å². The molecule has 1 saturated carbocycles. The van der Waals surface area contributed by atoms with Crippen LogP contribution in [0, 0.1) is 11.8 Å². The Balaban J connectivity index is 1.57. The molecule has 4 rings (SSSR count). The molecule has 0 spiro atoms. The smallest absolute Gasteiger partial charge is 0.496 e. The van der Waals surface area contributed by atoms with Gasteiger partial charge in [-0.3, -0.25) is 4.79 Å². The predicted molar refractivity (Wildman–Crippen MR) is 119 cm³/mol. The zero-order valence-electron chi connectivity index (χ0n) is 19.1. The maximum absolute atomic E-state index is 12.7. The van der Waals surface area contributed by atoms with Gasteiger partial charge < -0.3 is 24.8 Å². The van der Waals surface area contributed by atoms with E-state index in [1.807, 2.05) is 30.3 Å². The lowest BCUT2D eigenvalue weighted by Gasteiger charge is -2.49. The van der Waals surface area contributed by atoms with Gasteiger partial charge in [0.1, 0.15) is 11.5 Å². The minimum atomic E-state index is -4.77. The van der Waals surface area contributed by atoms with E-state index in [0.29, 0.717) is 17.9 Å². The molecule has 9 heteroatoms. The van der Waals surface area contributed by atoms with Gasteiger partial charge in [-0.25, -0.2) is 0 Å².